The van der Waals surface area contributed by atoms with E-state index in [0.29, 0.717) is 0 Å². The van der Waals surface area contributed by atoms with Crippen molar-refractivity contribution in [2.24, 2.45) is 0 Å². The number of aromatic nitrogens is 1. The van der Waals surface area contributed by atoms with E-state index in [1.807, 2.05) is 27.7 Å². The molecular formula is C7H12NRfS-. The summed E-state index contributed by atoms with van der Waals surface area (Å²) in [5, 5.41) is 1.09. The van der Waals surface area contributed by atoms with Gasteiger partial charge in [-0.2, -0.15) is 0 Å². The van der Waals surface area contributed by atoms with Crippen LogP contribution in [-0.4, -0.2) is 4.98 Å². The first-order chi connectivity index (χ1) is 4.29. The van der Waals surface area contributed by atoms with Crippen LogP contribution in [0, 0.1) is 20.0 Å². The van der Waals surface area contributed by atoms with Crippen LogP contribution in [0.4, 0.5) is 0 Å². The Kier molecular flexibility index (Phi) is 6.58. The molecule has 0 fully saturated rings. The van der Waals surface area contributed by atoms with Crippen LogP contribution in [0.1, 0.15) is 23.7 Å². The molecule has 1 rings (SSSR count). The Morgan fingerprint density at radius 3 is 1.90 bits per heavy atom. The van der Waals surface area contributed by atoms with E-state index in [-0.39, 0.29) is 0 Å². The van der Waals surface area contributed by atoms with Crippen LogP contribution < -0.4 is 0 Å². The van der Waals surface area contributed by atoms with E-state index in [9.17, 15) is 0 Å². The fourth-order valence-corrected chi connectivity index (χ4v) is 1.05. The second-order valence-corrected chi connectivity index (χ2v) is 2.81. The minimum absolute atomic E-state index is 0. The van der Waals surface area contributed by atoms with Gasteiger partial charge in [0, 0.05) is 0 Å². The molecule has 1 aromatic heterocycles. The largest absolute Gasteiger partial charge is 0.446 e. The van der Waals surface area contributed by atoms with Crippen molar-refractivity contribution in [1.82, 2.24) is 4.98 Å². The first kappa shape index (κ1) is 11.4. The molecule has 0 aliphatic carbocycles. The normalized spacial score (nSPS) is 7.20. The van der Waals surface area contributed by atoms with Crippen molar-refractivity contribution in [2.75, 3.05) is 0 Å². The number of nitrogens with zero attached hydrogens (tertiary/aromatic N) is 1. The van der Waals surface area contributed by atoms with Crippen molar-refractivity contribution < 1.29 is 0 Å². The van der Waals surface area contributed by atoms with E-state index in [1.54, 1.807) is 11.3 Å². The summed E-state index contributed by atoms with van der Waals surface area (Å²) in [6.45, 7) is 7.98. The summed E-state index contributed by atoms with van der Waals surface area (Å²) >= 11 is 1.68. The molecule has 0 unspecified atom stereocenters. The molecule has 0 N–H and O–H groups in total. The Bertz CT molecular complexity index is 146. The average molecular weight is 409 g/mol. The number of rotatable bonds is 0. The van der Waals surface area contributed by atoms with Gasteiger partial charge in [-0.3, -0.25) is 0 Å². The Morgan fingerprint density at radius 1 is 1.30 bits per heavy atom. The zero-order chi connectivity index (χ0) is 7.28. The van der Waals surface area contributed by atoms with Gasteiger partial charge in [-0.15, -0.1) is 6.20 Å². The summed E-state index contributed by atoms with van der Waals surface area (Å²) in [4.78, 5) is 5.07. The summed E-state index contributed by atoms with van der Waals surface area (Å²) < 4.78 is 0. The Labute approximate surface area is 60.8 Å². The van der Waals surface area contributed by atoms with Crippen LogP contribution >= 0.6 is 11.3 Å². The maximum atomic E-state index is 3.91. The van der Waals surface area contributed by atoms with Crippen molar-refractivity contribution >= 4 is 11.3 Å². The fraction of sp³-hybridized carbons (Fsp3) is 0.571. The molecule has 0 spiro atoms. The van der Waals surface area contributed by atoms with Crippen molar-refractivity contribution in [3.8, 4) is 0 Å². The molecule has 0 amide bonds. The van der Waals surface area contributed by atoms with Gasteiger partial charge >= 0.3 is 0 Å². The predicted octanol–water partition coefficient (Wildman–Crippen LogP) is 2.59. The number of aryl methyl sites for hydroxylation is 2. The molecule has 3 heteroatoms. The molecule has 0 radical (unpaired) electrons. The van der Waals surface area contributed by atoms with Crippen LogP contribution in [0.2, 0.25) is 0 Å². The second-order valence-electron chi connectivity index (χ2n) is 1.40. The van der Waals surface area contributed by atoms with E-state index in [0.717, 1.165) is 9.88 Å². The standard InChI is InChI=1S/C5H6NS.C2H6.Rf/c1-4-3-6-5(2)7-4;1-2;/h1-2H3;1-2H3;/q-1;;. The van der Waals surface area contributed by atoms with Crippen LogP contribution in [-0.2, 0) is 0 Å². The topological polar surface area (TPSA) is 12.9 Å². The van der Waals surface area contributed by atoms with Crippen LogP contribution in [0.25, 0.3) is 0 Å². The first-order valence-electron chi connectivity index (χ1n) is 3.11. The van der Waals surface area contributed by atoms with Crippen LogP contribution in [0.5, 0.6) is 0 Å². The monoisotopic (exact) mass is 409 g/mol. The first-order valence-corrected chi connectivity index (χ1v) is 3.92. The third-order valence-corrected chi connectivity index (χ3v) is 1.46. The SMILES string of the molecule is CC.Cc1[c-]nc(C)s1.[Rf]. The summed E-state index contributed by atoms with van der Waals surface area (Å²) in [5.41, 5.74) is 0. The van der Waals surface area contributed by atoms with Crippen molar-refractivity contribution in [1.29, 1.82) is 0 Å². The Balaban J connectivity index is 0. The molecule has 1 nitrogen and oxygen atoms in total. The summed E-state index contributed by atoms with van der Waals surface area (Å²) in [6, 6.07) is 0. The molecule has 1 aromatic rings. The molecular weight excluding hydrogens is 397 g/mol. The van der Waals surface area contributed by atoms with Gasteiger partial charge in [0.05, 0.1) is 0 Å². The maximum absolute atomic E-state index is 3.91. The smallest absolute Gasteiger partial charge is 0 e. The third-order valence-electron chi connectivity index (χ3n) is 0.672. The minimum Gasteiger partial charge on any atom is -0.446 e. The Morgan fingerprint density at radius 2 is 1.80 bits per heavy atom. The second kappa shape index (κ2) is 5.76. The van der Waals surface area contributed by atoms with Crippen molar-refractivity contribution in [2.45, 2.75) is 27.7 Å². The van der Waals surface area contributed by atoms with Gasteiger partial charge in [-0.25, -0.2) is 11.3 Å². The number of thiazole rings is 1. The van der Waals surface area contributed by atoms with E-state index < -0.39 is 0 Å². The average Bonchev–Trinajstić information content (AvgIpc) is 2.20. The van der Waals surface area contributed by atoms with E-state index in [1.165, 1.54) is 0 Å². The molecule has 0 aliphatic heterocycles. The molecule has 54 valence electrons. The Hall–Kier alpha value is -1.37. The summed E-state index contributed by atoms with van der Waals surface area (Å²) in [7, 11) is 0. The van der Waals surface area contributed by atoms with Gasteiger partial charge in [-0.1, -0.05) is 30.7 Å². The van der Waals surface area contributed by atoms with Gasteiger partial charge in [0.15, 0.2) is 0 Å². The zero-order valence-electron chi connectivity index (χ0n) is 7.06. The fourth-order valence-electron chi connectivity index (χ4n) is 0.425. The van der Waals surface area contributed by atoms with Gasteiger partial charge < -0.3 is 4.98 Å². The van der Waals surface area contributed by atoms with Gasteiger partial charge in [0.1, 0.15) is 0 Å². The minimum atomic E-state index is 0. The van der Waals surface area contributed by atoms with Crippen molar-refractivity contribution in [3.05, 3.63) is 16.1 Å². The maximum Gasteiger partial charge on any atom is 0 e. The third kappa shape index (κ3) is 3.61. The number of hydrogen-bond acceptors (Lipinski definition) is 2. The van der Waals surface area contributed by atoms with Gasteiger partial charge in [0.2, 0.25) is 0 Å². The van der Waals surface area contributed by atoms with Crippen LogP contribution in [0.15, 0.2) is 0 Å². The van der Waals surface area contributed by atoms with Gasteiger partial charge in [0.25, 0.3) is 0 Å². The van der Waals surface area contributed by atoms with E-state index in [2.05, 4.69) is 11.2 Å². The van der Waals surface area contributed by atoms with Crippen molar-refractivity contribution in [3.63, 3.8) is 0 Å². The van der Waals surface area contributed by atoms with E-state index >= 15 is 0 Å². The summed E-state index contributed by atoms with van der Waals surface area (Å²) in [6.07, 6.45) is 2.84. The predicted molar refractivity (Wildman–Crippen MR) is 41.8 cm³/mol. The molecule has 0 aliphatic rings. The molecule has 0 saturated heterocycles. The zero-order valence-corrected chi connectivity index (χ0v) is 14.3. The molecule has 0 saturated carbocycles. The van der Waals surface area contributed by atoms with Gasteiger partial charge in [-0.05, 0) is 6.92 Å². The molecule has 10 heavy (non-hydrogen) atoms. The number of hydrogen-bond donors (Lipinski definition) is 0. The van der Waals surface area contributed by atoms with Crippen LogP contribution in [0.3, 0.4) is 0 Å². The molecule has 0 aromatic carbocycles. The molecule has 1 heterocycles. The molecule has 0 bridgehead atoms. The molecule has 0 atom stereocenters. The van der Waals surface area contributed by atoms with E-state index in [4.69, 9.17) is 0 Å². The summed E-state index contributed by atoms with van der Waals surface area (Å²) in [5.74, 6) is 0. The quantitative estimate of drug-likeness (QED) is 0.601.